The van der Waals surface area contributed by atoms with Crippen LogP contribution in [-0.2, 0) is 19.5 Å². The van der Waals surface area contributed by atoms with E-state index in [-0.39, 0.29) is 19.5 Å². The van der Waals surface area contributed by atoms with Gasteiger partial charge in [-0.25, -0.2) is 0 Å². The number of aryl methyl sites for hydroxylation is 2. The van der Waals surface area contributed by atoms with E-state index in [1.807, 2.05) is 111 Å². The second kappa shape index (κ2) is 24.1. The Morgan fingerprint density at radius 2 is 0.579 bits per heavy atom. The van der Waals surface area contributed by atoms with Crippen LogP contribution >= 0.6 is 0 Å². The number of aromatic nitrogens is 6. The summed E-state index contributed by atoms with van der Waals surface area (Å²) >= 11 is 0. The van der Waals surface area contributed by atoms with Crippen LogP contribution in [0.1, 0.15) is 47.2 Å². The standard InChI is InChI=1S/C28H24N2.2C10H8N2.C2H6.Ru/c1-21-3-7-23(8-4-21)11-13-25-15-17-29-27(19-25)28-20-26(16-18-30-28)14-12-24-9-5-22(2)6-10-24;2*1-3-7-11-9(5-1)10-6-2-4-8-12-10;1-2;/h3-20H,1-2H3;2*1-8H;1-2H3;/b13-11+,14-12+;;;;. The Bertz CT molecular complexity index is 2120. The third kappa shape index (κ3) is 14.6. The summed E-state index contributed by atoms with van der Waals surface area (Å²) in [7, 11) is 0. The van der Waals surface area contributed by atoms with Gasteiger partial charge in [-0.05, 0) is 109 Å². The molecule has 0 unspecified atom stereocenters. The van der Waals surface area contributed by atoms with E-state index in [1.54, 1.807) is 24.8 Å². The van der Waals surface area contributed by atoms with Crippen molar-refractivity contribution in [3.8, 4) is 34.2 Å². The zero-order chi connectivity index (χ0) is 39.2. The molecule has 0 aliphatic carbocycles. The van der Waals surface area contributed by atoms with Gasteiger partial charge < -0.3 is 0 Å². The first-order chi connectivity index (χ1) is 27.6. The maximum absolute atomic E-state index is 4.52. The fraction of sp³-hybridized carbons (Fsp3) is 0.0800. The fourth-order valence-corrected chi connectivity index (χ4v) is 5.18. The average molecular weight is 832 g/mol. The van der Waals surface area contributed by atoms with Gasteiger partial charge in [-0.15, -0.1) is 0 Å². The Morgan fingerprint density at radius 1 is 0.298 bits per heavy atom. The van der Waals surface area contributed by atoms with E-state index < -0.39 is 0 Å². The van der Waals surface area contributed by atoms with Crippen molar-refractivity contribution in [1.29, 1.82) is 0 Å². The molecule has 0 aliphatic heterocycles. The van der Waals surface area contributed by atoms with E-state index in [2.05, 4.69) is 129 Å². The number of nitrogens with zero attached hydrogens (tertiary/aromatic N) is 6. The minimum atomic E-state index is 0. The molecule has 0 radical (unpaired) electrons. The van der Waals surface area contributed by atoms with Crippen molar-refractivity contribution in [2.45, 2.75) is 27.7 Å². The topological polar surface area (TPSA) is 77.3 Å². The second-order valence-corrected chi connectivity index (χ2v) is 12.3. The summed E-state index contributed by atoms with van der Waals surface area (Å²) in [4.78, 5) is 25.8. The molecule has 0 saturated carbocycles. The molecule has 0 spiro atoms. The van der Waals surface area contributed by atoms with Crippen LogP contribution in [0.5, 0.6) is 0 Å². The number of benzene rings is 2. The van der Waals surface area contributed by atoms with Gasteiger partial charge in [0.25, 0.3) is 0 Å². The smallest absolute Gasteiger partial charge is 0.0892 e. The third-order valence-electron chi connectivity index (χ3n) is 8.11. The van der Waals surface area contributed by atoms with E-state index in [4.69, 9.17) is 0 Å². The van der Waals surface area contributed by atoms with Crippen molar-refractivity contribution in [2.24, 2.45) is 0 Å². The molecule has 8 aromatic rings. The Morgan fingerprint density at radius 3 is 0.860 bits per heavy atom. The molecule has 0 fully saturated rings. The predicted molar refractivity (Wildman–Crippen MR) is 234 cm³/mol. The van der Waals surface area contributed by atoms with E-state index in [0.29, 0.717) is 0 Å². The van der Waals surface area contributed by atoms with Crippen molar-refractivity contribution in [3.05, 3.63) is 216 Å². The molecule has 57 heavy (non-hydrogen) atoms. The normalized spacial score (nSPS) is 10.2. The van der Waals surface area contributed by atoms with Gasteiger partial charge in [0.05, 0.1) is 34.2 Å². The summed E-state index contributed by atoms with van der Waals surface area (Å²) < 4.78 is 0. The fourth-order valence-electron chi connectivity index (χ4n) is 5.18. The molecular weight excluding hydrogens is 786 g/mol. The van der Waals surface area contributed by atoms with Crippen LogP contribution in [0.3, 0.4) is 0 Å². The molecule has 0 bridgehead atoms. The summed E-state index contributed by atoms with van der Waals surface area (Å²) in [6, 6.07) is 48.3. The van der Waals surface area contributed by atoms with Crippen LogP contribution in [-0.4, -0.2) is 29.9 Å². The average Bonchev–Trinajstić information content (AvgIpc) is 3.28. The van der Waals surface area contributed by atoms with Crippen LogP contribution in [0.4, 0.5) is 0 Å². The van der Waals surface area contributed by atoms with Crippen molar-refractivity contribution in [3.63, 3.8) is 0 Å². The number of hydrogen-bond acceptors (Lipinski definition) is 6. The molecule has 0 N–H and O–H groups in total. The summed E-state index contributed by atoms with van der Waals surface area (Å²) in [5, 5.41) is 0. The summed E-state index contributed by atoms with van der Waals surface area (Å²) in [6.45, 7) is 8.19. The zero-order valence-corrected chi connectivity index (χ0v) is 34.4. The van der Waals surface area contributed by atoms with Crippen LogP contribution in [0.25, 0.3) is 58.5 Å². The zero-order valence-electron chi connectivity index (χ0n) is 32.7. The number of rotatable bonds is 7. The number of pyridine rings is 6. The van der Waals surface area contributed by atoms with Crippen molar-refractivity contribution in [1.82, 2.24) is 29.9 Å². The van der Waals surface area contributed by atoms with Gasteiger partial charge in [0, 0.05) is 56.7 Å². The molecule has 0 atom stereocenters. The van der Waals surface area contributed by atoms with Crippen LogP contribution < -0.4 is 0 Å². The summed E-state index contributed by atoms with van der Waals surface area (Å²) in [5.74, 6) is 0. The summed E-state index contributed by atoms with van der Waals surface area (Å²) in [5.41, 5.74) is 12.5. The van der Waals surface area contributed by atoms with Gasteiger partial charge >= 0.3 is 0 Å². The molecule has 284 valence electrons. The van der Waals surface area contributed by atoms with Gasteiger partial charge in [0.1, 0.15) is 0 Å². The largest absolute Gasteiger partial charge is 0.255 e. The van der Waals surface area contributed by atoms with Gasteiger partial charge in [0.15, 0.2) is 0 Å². The molecule has 6 heterocycles. The first-order valence-electron chi connectivity index (χ1n) is 18.7. The quantitative estimate of drug-likeness (QED) is 0.149. The Kier molecular flexibility index (Phi) is 18.2. The molecule has 0 saturated heterocycles. The monoisotopic (exact) mass is 832 g/mol. The van der Waals surface area contributed by atoms with Crippen LogP contribution in [0.15, 0.2) is 183 Å². The molecule has 0 aliphatic rings. The van der Waals surface area contributed by atoms with Crippen molar-refractivity contribution >= 4 is 24.3 Å². The minimum Gasteiger partial charge on any atom is -0.255 e. The molecular formula is C50H46N6Ru. The van der Waals surface area contributed by atoms with E-state index in [9.17, 15) is 0 Å². The van der Waals surface area contributed by atoms with E-state index in [0.717, 1.165) is 45.3 Å². The molecule has 8 rings (SSSR count). The minimum absolute atomic E-state index is 0. The molecule has 6 nitrogen and oxygen atoms in total. The van der Waals surface area contributed by atoms with Crippen molar-refractivity contribution < 1.29 is 19.5 Å². The predicted octanol–water partition coefficient (Wildman–Crippen LogP) is 12.4. The summed E-state index contributed by atoms with van der Waals surface area (Å²) in [6.07, 6.45) is 19.2. The van der Waals surface area contributed by atoms with E-state index >= 15 is 0 Å². The molecule has 0 amide bonds. The van der Waals surface area contributed by atoms with Crippen LogP contribution in [0.2, 0.25) is 0 Å². The maximum Gasteiger partial charge on any atom is 0.0892 e. The SMILES string of the molecule is CC.Cc1ccc(/C=C/c2ccnc(-c3cc(/C=C/c4ccc(C)cc4)ccn3)c2)cc1.[Ru].c1ccc(-c2ccccn2)nc1.c1ccc(-c2ccccn2)nc1. The van der Waals surface area contributed by atoms with Crippen molar-refractivity contribution in [2.75, 3.05) is 0 Å². The van der Waals surface area contributed by atoms with Gasteiger partial charge in [-0.3, -0.25) is 29.9 Å². The first-order valence-corrected chi connectivity index (χ1v) is 18.7. The third-order valence-corrected chi connectivity index (χ3v) is 8.11. The Balaban J connectivity index is 0.000000218. The van der Waals surface area contributed by atoms with Gasteiger partial charge in [-0.1, -0.05) is 122 Å². The Hall–Kier alpha value is -6.56. The van der Waals surface area contributed by atoms with Crippen LogP contribution in [0, 0.1) is 13.8 Å². The first kappa shape index (κ1) is 43.2. The van der Waals surface area contributed by atoms with E-state index in [1.165, 1.54) is 22.3 Å². The molecule has 7 heteroatoms. The molecule has 2 aromatic carbocycles. The number of hydrogen-bond donors (Lipinski definition) is 0. The van der Waals surface area contributed by atoms with Gasteiger partial charge in [0.2, 0.25) is 0 Å². The molecule has 6 aromatic heterocycles. The second-order valence-electron chi connectivity index (χ2n) is 12.3. The maximum atomic E-state index is 4.52. The Labute approximate surface area is 350 Å². The van der Waals surface area contributed by atoms with Gasteiger partial charge in [-0.2, -0.15) is 0 Å².